The second-order valence-corrected chi connectivity index (χ2v) is 15.0. The van der Waals surface area contributed by atoms with E-state index < -0.39 is 7.60 Å². The highest BCUT2D eigenvalue weighted by Gasteiger charge is 2.10. The molecule has 0 saturated carbocycles. The van der Waals surface area contributed by atoms with Crippen LogP contribution in [0.1, 0.15) is 205 Å². The summed E-state index contributed by atoms with van der Waals surface area (Å²) in [5.41, 5.74) is 0. The van der Waals surface area contributed by atoms with Gasteiger partial charge in [0.05, 0.1) is 0 Å². The van der Waals surface area contributed by atoms with E-state index in [9.17, 15) is 4.57 Å². The molecular formula is C34H70BrO3P. The third kappa shape index (κ3) is 38.6. The molecule has 0 aromatic carbocycles. The highest BCUT2D eigenvalue weighted by Crippen LogP contribution is 2.35. The summed E-state index contributed by atoms with van der Waals surface area (Å²) >= 11 is 3.51. The van der Waals surface area contributed by atoms with Crippen LogP contribution in [0.3, 0.4) is 0 Å². The number of halogens is 1. The van der Waals surface area contributed by atoms with Crippen molar-refractivity contribution in [3.63, 3.8) is 0 Å². The van der Waals surface area contributed by atoms with E-state index >= 15 is 0 Å². The molecule has 3 nitrogen and oxygen atoms in total. The standard InChI is InChI=1S/C34H70BrO3P/c35-33-31-29-27-25-23-21-19-17-15-13-11-9-7-5-3-1-2-4-6-8-10-12-14-16-18-20-22-24-26-28-30-32-34-39(36,37)38/h1-34H2,(H2,36,37,38). The van der Waals surface area contributed by atoms with Crippen molar-refractivity contribution in [2.75, 3.05) is 11.5 Å². The summed E-state index contributed by atoms with van der Waals surface area (Å²) in [6, 6.07) is 0. The highest BCUT2D eigenvalue weighted by atomic mass is 79.9. The summed E-state index contributed by atoms with van der Waals surface area (Å²) in [5.74, 6) is 0. The van der Waals surface area contributed by atoms with Crippen LogP contribution in [0.2, 0.25) is 0 Å². The van der Waals surface area contributed by atoms with E-state index in [0.29, 0.717) is 6.42 Å². The average Bonchev–Trinajstić information content (AvgIpc) is 2.90. The lowest BCUT2D eigenvalue weighted by atomic mass is 10.0. The van der Waals surface area contributed by atoms with Crippen LogP contribution in [0.5, 0.6) is 0 Å². The minimum absolute atomic E-state index is 0.0615. The first-order valence-corrected chi connectivity index (χ1v) is 20.6. The quantitative estimate of drug-likeness (QED) is 0.0419. The first kappa shape index (κ1) is 39.6. The Balaban J connectivity index is 3.04. The molecule has 0 aliphatic heterocycles. The van der Waals surface area contributed by atoms with Crippen LogP contribution >= 0.6 is 23.5 Å². The molecule has 0 atom stereocenters. The van der Waals surface area contributed by atoms with Crippen molar-refractivity contribution in [3.05, 3.63) is 0 Å². The molecule has 0 radical (unpaired) electrons. The number of rotatable bonds is 34. The predicted octanol–water partition coefficient (Wildman–Crippen LogP) is 13.0. The van der Waals surface area contributed by atoms with Crippen molar-refractivity contribution in [2.45, 2.75) is 205 Å². The van der Waals surface area contributed by atoms with Crippen molar-refractivity contribution >= 4 is 23.5 Å². The molecule has 0 aliphatic rings. The van der Waals surface area contributed by atoms with Gasteiger partial charge in [-0.15, -0.1) is 0 Å². The largest absolute Gasteiger partial charge is 0.325 e. The Morgan fingerprint density at radius 1 is 0.308 bits per heavy atom. The summed E-state index contributed by atoms with van der Waals surface area (Å²) in [7, 11) is -3.77. The van der Waals surface area contributed by atoms with Gasteiger partial charge in [0.15, 0.2) is 0 Å². The van der Waals surface area contributed by atoms with Crippen LogP contribution in [0.4, 0.5) is 0 Å². The van der Waals surface area contributed by atoms with Gasteiger partial charge in [0, 0.05) is 11.5 Å². The fourth-order valence-electron chi connectivity index (χ4n) is 5.72. The van der Waals surface area contributed by atoms with Gasteiger partial charge in [0.2, 0.25) is 0 Å². The van der Waals surface area contributed by atoms with Crippen LogP contribution in [-0.4, -0.2) is 21.3 Å². The molecule has 236 valence electrons. The van der Waals surface area contributed by atoms with E-state index in [-0.39, 0.29) is 6.16 Å². The average molecular weight is 638 g/mol. The lowest BCUT2D eigenvalue weighted by molar-refractivity contribution is 0.370. The van der Waals surface area contributed by atoms with E-state index in [0.717, 1.165) is 12.8 Å². The first-order chi connectivity index (χ1) is 19.1. The van der Waals surface area contributed by atoms with Gasteiger partial charge in [-0.05, 0) is 12.8 Å². The topological polar surface area (TPSA) is 57.5 Å². The van der Waals surface area contributed by atoms with Crippen molar-refractivity contribution < 1.29 is 14.4 Å². The second-order valence-electron chi connectivity index (χ2n) is 12.4. The van der Waals surface area contributed by atoms with Crippen LogP contribution in [0.25, 0.3) is 0 Å². The number of hydrogen-bond donors (Lipinski definition) is 2. The smallest absolute Gasteiger partial charge is 0.324 e. The maximum Gasteiger partial charge on any atom is 0.325 e. The molecule has 0 amide bonds. The lowest BCUT2D eigenvalue weighted by Gasteiger charge is -2.05. The van der Waals surface area contributed by atoms with Gasteiger partial charge < -0.3 is 9.79 Å². The van der Waals surface area contributed by atoms with Crippen LogP contribution in [0.15, 0.2) is 0 Å². The predicted molar refractivity (Wildman–Crippen MR) is 178 cm³/mol. The lowest BCUT2D eigenvalue weighted by Crippen LogP contribution is -1.88. The molecule has 39 heavy (non-hydrogen) atoms. The molecule has 5 heteroatoms. The summed E-state index contributed by atoms with van der Waals surface area (Å²) in [6.45, 7) is 0. The van der Waals surface area contributed by atoms with Crippen molar-refractivity contribution in [3.8, 4) is 0 Å². The highest BCUT2D eigenvalue weighted by molar-refractivity contribution is 9.09. The Morgan fingerprint density at radius 3 is 0.615 bits per heavy atom. The zero-order chi connectivity index (χ0) is 28.5. The molecular weight excluding hydrogens is 567 g/mol. The van der Waals surface area contributed by atoms with E-state index in [2.05, 4.69) is 15.9 Å². The number of hydrogen-bond acceptors (Lipinski definition) is 1. The first-order valence-electron chi connectivity index (χ1n) is 17.7. The van der Waals surface area contributed by atoms with Crippen molar-refractivity contribution in [2.24, 2.45) is 0 Å². The van der Waals surface area contributed by atoms with Gasteiger partial charge in [-0.25, -0.2) is 0 Å². The minimum Gasteiger partial charge on any atom is -0.324 e. The second kappa shape index (κ2) is 33.1. The molecule has 0 rings (SSSR count). The van der Waals surface area contributed by atoms with Gasteiger partial charge in [-0.1, -0.05) is 209 Å². The Hall–Kier alpha value is 0.630. The fraction of sp³-hybridized carbons (Fsp3) is 1.00. The minimum atomic E-state index is -3.77. The number of unbranched alkanes of at least 4 members (excludes halogenated alkanes) is 31. The van der Waals surface area contributed by atoms with Gasteiger partial charge >= 0.3 is 7.60 Å². The van der Waals surface area contributed by atoms with Crippen LogP contribution in [0, 0.1) is 0 Å². The molecule has 0 spiro atoms. The zero-order valence-corrected chi connectivity index (χ0v) is 28.6. The summed E-state index contributed by atoms with van der Waals surface area (Å²) in [4.78, 5) is 17.7. The van der Waals surface area contributed by atoms with Crippen molar-refractivity contribution in [1.29, 1.82) is 0 Å². The molecule has 0 aromatic rings. The summed E-state index contributed by atoms with van der Waals surface area (Å²) in [5, 5.41) is 1.18. The SMILES string of the molecule is O=P(O)(O)CCCCCCCCCCCCCCCCCCCCCCCCCCCCCCCCCCBr. The normalized spacial score (nSPS) is 12.0. The molecule has 0 saturated heterocycles. The Bertz CT molecular complexity index is 497. The Kier molecular flexibility index (Phi) is 33.7. The Morgan fingerprint density at radius 2 is 0.462 bits per heavy atom. The fourth-order valence-corrected chi connectivity index (χ4v) is 6.75. The summed E-state index contributed by atoms with van der Waals surface area (Å²) < 4.78 is 10.8. The third-order valence-electron chi connectivity index (χ3n) is 8.33. The molecule has 2 N–H and O–H groups in total. The van der Waals surface area contributed by atoms with E-state index in [1.807, 2.05) is 0 Å². The van der Waals surface area contributed by atoms with Gasteiger partial charge in [-0.3, -0.25) is 4.57 Å². The molecule has 0 bridgehead atoms. The van der Waals surface area contributed by atoms with Crippen LogP contribution < -0.4 is 0 Å². The maximum atomic E-state index is 10.8. The van der Waals surface area contributed by atoms with Crippen LogP contribution in [-0.2, 0) is 4.57 Å². The molecule has 0 aromatic heterocycles. The zero-order valence-electron chi connectivity index (χ0n) is 26.2. The molecule has 0 heterocycles. The third-order valence-corrected chi connectivity index (χ3v) is 9.79. The molecule has 0 unspecified atom stereocenters. The monoisotopic (exact) mass is 636 g/mol. The Labute approximate surface area is 254 Å². The van der Waals surface area contributed by atoms with E-state index in [1.54, 1.807) is 0 Å². The summed E-state index contributed by atoms with van der Waals surface area (Å²) in [6.07, 6.45) is 44.2. The van der Waals surface area contributed by atoms with Gasteiger partial charge in [-0.2, -0.15) is 0 Å². The molecule has 0 aliphatic carbocycles. The number of alkyl halides is 1. The molecule has 0 fully saturated rings. The van der Waals surface area contributed by atoms with E-state index in [4.69, 9.17) is 9.79 Å². The maximum absolute atomic E-state index is 10.8. The van der Waals surface area contributed by atoms with Gasteiger partial charge in [0.25, 0.3) is 0 Å². The van der Waals surface area contributed by atoms with Crippen molar-refractivity contribution in [1.82, 2.24) is 0 Å². The van der Waals surface area contributed by atoms with Gasteiger partial charge in [0.1, 0.15) is 0 Å². The van der Waals surface area contributed by atoms with E-state index in [1.165, 1.54) is 192 Å².